The fourth-order valence-electron chi connectivity index (χ4n) is 2.98. The maximum atomic E-state index is 4.52. The Hall–Kier alpha value is -1.14. The molecule has 0 radical (unpaired) electrons. The Morgan fingerprint density at radius 2 is 2.36 bits per heavy atom. The summed E-state index contributed by atoms with van der Waals surface area (Å²) in [5.41, 5.74) is 1.11. The Morgan fingerprint density at radius 1 is 1.55 bits per heavy atom. The molecule has 2 heterocycles. The van der Waals surface area contributed by atoms with E-state index < -0.39 is 0 Å². The molecule has 1 aliphatic heterocycles. The molecule has 1 saturated heterocycles. The van der Waals surface area contributed by atoms with Gasteiger partial charge in [-0.3, -0.25) is 9.89 Å². The number of aliphatic imine (C=N–C) groups is 1. The number of nitrogens with one attached hydrogen (secondary N) is 1. The lowest BCUT2D eigenvalue weighted by molar-refractivity contribution is 0.163. The summed E-state index contributed by atoms with van der Waals surface area (Å²) in [4.78, 5) is 13.6. The largest absolute Gasteiger partial charge is 0.355 e. The van der Waals surface area contributed by atoms with Crippen molar-refractivity contribution in [3.05, 3.63) is 16.1 Å². The predicted octanol–water partition coefficient (Wildman–Crippen LogP) is 2.33. The molecular formula is C16H29N5S. The molecule has 0 spiro atoms. The first kappa shape index (κ1) is 17.2. The number of hydrogen-bond acceptors (Lipinski definition) is 4. The molecule has 0 amide bonds. The van der Waals surface area contributed by atoms with Gasteiger partial charge in [-0.2, -0.15) is 0 Å². The number of thiazole rings is 1. The average Bonchev–Trinajstić information content (AvgIpc) is 2.90. The molecule has 22 heavy (non-hydrogen) atoms. The van der Waals surface area contributed by atoms with Crippen molar-refractivity contribution in [2.45, 2.75) is 45.7 Å². The molecule has 1 N–H and O–H groups in total. The minimum atomic E-state index is 0.716. The summed E-state index contributed by atoms with van der Waals surface area (Å²) in [6, 6.07) is 0.716. The normalized spacial score (nSPS) is 20.2. The number of aryl methyl sites for hydroxylation is 1. The molecule has 2 rings (SSSR count). The van der Waals surface area contributed by atoms with Gasteiger partial charge < -0.3 is 10.2 Å². The van der Waals surface area contributed by atoms with Crippen LogP contribution in [0.1, 0.15) is 36.9 Å². The van der Waals surface area contributed by atoms with Crippen LogP contribution >= 0.6 is 11.3 Å². The molecule has 0 bridgehead atoms. The van der Waals surface area contributed by atoms with E-state index in [1.165, 1.54) is 25.8 Å². The number of guanidine groups is 1. The highest BCUT2D eigenvalue weighted by atomic mass is 32.1. The van der Waals surface area contributed by atoms with Crippen LogP contribution in [-0.2, 0) is 6.54 Å². The molecule has 1 aromatic heterocycles. The number of aromatic nitrogens is 1. The highest BCUT2D eigenvalue weighted by molar-refractivity contribution is 7.09. The number of hydrogen-bond donors (Lipinski definition) is 1. The van der Waals surface area contributed by atoms with Crippen molar-refractivity contribution in [1.29, 1.82) is 0 Å². The van der Waals surface area contributed by atoms with E-state index in [-0.39, 0.29) is 0 Å². The quantitative estimate of drug-likeness (QED) is 0.667. The van der Waals surface area contributed by atoms with E-state index in [2.05, 4.69) is 44.4 Å². The highest BCUT2D eigenvalue weighted by Crippen LogP contribution is 2.15. The monoisotopic (exact) mass is 323 g/mol. The van der Waals surface area contributed by atoms with Crippen LogP contribution < -0.4 is 5.32 Å². The molecule has 5 nitrogen and oxygen atoms in total. The number of likely N-dealkylation sites (tertiary alicyclic amines) is 1. The molecule has 1 atom stereocenters. The molecule has 1 unspecified atom stereocenters. The van der Waals surface area contributed by atoms with Crippen LogP contribution in [0.5, 0.6) is 0 Å². The molecule has 124 valence electrons. The zero-order chi connectivity index (χ0) is 15.9. The first-order valence-corrected chi connectivity index (χ1v) is 9.05. The van der Waals surface area contributed by atoms with Crippen molar-refractivity contribution in [1.82, 2.24) is 20.1 Å². The fraction of sp³-hybridized carbons (Fsp3) is 0.750. The van der Waals surface area contributed by atoms with Gasteiger partial charge in [0.15, 0.2) is 5.96 Å². The molecule has 1 fully saturated rings. The van der Waals surface area contributed by atoms with Gasteiger partial charge in [-0.15, -0.1) is 11.3 Å². The maximum Gasteiger partial charge on any atom is 0.193 e. The summed E-state index contributed by atoms with van der Waals surface area (Å²) >= 11 is 1.70. The second-order valence-corrected chi connectivity index (χ2v) is 7.13. The lowest BCUT2D eigenvalue weighted by Crippen LogP contribution is -2.45. The molecular weight excluding hydrogens is 294 g/mol. The third kappa shape index (κ3) is 4.95. The van der Waals surface area contributed by atoms with Crippen LogP contribution in [0.2, 0.25) is 0 Å². The van der Waals surface area contributed by atoms with Crippen molar-refractivity contribution in [3.8, 4) is 0 Å². The minimum Gasteiger partial charge on any atom is -0.355 e. The van der Waals surface area contributed by atoms with Crippen LogP contribution in [0.3, 0.4) is 0 Å². The van der Waals surface area contributed by atoms with Gasteiger partial charge in [-0.1, -0.05) is 6.42 Å². The summed E-state index contributed by atoms with van der Waals surface area (Å²) in [6.07, 6.45) is 4.04. The van der Waals surface area contributed by atoms with Crippen LogP contribution in [0.15, 0.2) is 10.4 Å². The Labute approximate surface area is 138 Å². The molecule has 0 saturated carbocycles. The van der Waals surface area contributed by atoms with E-state index in [1.807, 2.05) is 14.0 Å². The van der Waals surface area contributed by atoms with Gasteiger partial charge in [-0.25, -0.2) is 4.98 Å². The molecule has 6 heteroatoms. The lowest BCUT2D eigenvalue weighted by atomic mass is 10.0. The highest BCUT2D eigenvalue weighted by Gasteiger charge is 2.17. The Kier molecular flexibility index (Phi) is 6.64. The zero-order valence-corrected chi connectivity index (χ0v) is 15.1. The number of piperidine rings is 1. The first-order chi connectivity index (χ1) is 10.6. The SMILES string of the molecule is CN=C(NCCN1CCCCC1C)N(C)Cc1csc(C)n1. The fourth-order valence-corrected chi connectivity index (χ4v) is 3.59. The van der Waals surface area contributed by atoms with Crippen molar-refractivity contribution in [2.75, 3.05) is 33.7 Å². The second-order valence-electron chi connectivity index (χ2n) is 6.07. The van der Waals surface area contributed by atoms with Crippen LogP contribution in [0, 0.1) is 6.92 Å². The van der Waals surface area contributed by atoms with E-state index in [1.54, 1.807) is 11.3 Å². The van der Waals surface area contributed by atoms with E-state index in [0.29, 0.717) is 6.04 Å². The molecule has 0 aromatic carbocycles. The van der Waals surface area contributed by atoms with Gasteiger partial charge in [0, 0.05) is 38.6 Å². The average molecular weight is 324 g/mol. The standard InChI is InChI=1S/C16H29N5S/c1-13-7-5-6-9-21(13)10-8-18-16(17-3)20(4)11-15-12-22-14(2)19-15/h12-13H,5-11H2,1-4H3,(H,17,18). The Balaban J connectivity index is 1.76. The van der Waals surface area contributed by atoms with Crippen molar-refractivity contribution in [3.63, 3.8) is 0 Å². The third-order valence-corrected chi connectivity index (χ3v) is 5.08. The van der Waals surface area contributed by atoms with Gasteiger partial charge in [0.25, 0.3) is 0 Å². The van der Waals surface area contributed by atoms with Crippen LogP contribution in [0.25, 0.3) is 0 Å². The third-order valence-electron chi connectivity index (χ3n) is 4.26. The molecule has 0 aliphatic carbocycles. The molecule has 1 aliphatic rings. The van der Waals surface area contributed by atoms with Gasteiger partial charge in [0.1, 0.15) is 0 Å². The van der Waals surface area contributed by atoms with E-state index >= 15 is 0 Å². The summed E-state index contributed by atoms with van der Waals surface area (Å²) in [7, 11) is 3.90. The summed E-state index contributed by atoms with van der Waals surface area (Å²) < 4.78 is 0. The van der Waals surface area contributed by atoms with Crippen LogP contribution in [0.4, 0.5) is 0 Å². The summed E-state index contributed by atoms with van der Waals surface area (Å²) in [5, 5.41) is 6.71. The van der Waals surface area contributed by atoms with E-state index in [4.69, 9.17) is 0 Å². The van der Waals surface area contributed by atoms with Gasteiger partial charge in [0.05, 0.1) is 17.2 Å². The van der Waals surface area contributed by atoms with Crippen LogP contribution in [-0.4, -0.2) is 60.5 Å². The van der Waals surface area contributed by atoms with Crippen molar-refractivity contribution in [2.24, 2.45) is 4.99 Å². The summed E-state index contributed by atoms with van der Waals surface area (Å²) in [6.45, 7) is 8.44. The Bertz CT molecular complexity index is 485. The zero-order valence-electron chi connectivity index (χ0n) is 14.3. The van der Waals surface area contributed by atoms with Crippen molar-refractivity contribution < 1.29 is 0 Å². The minimum absolute atomic E-state index is 0.716. The Morgan fingerprint density at radius 3 is 3.00 bits per heavy atom. The lowest BCUT2D eigenvalue weighted by Gasteiger charge is -2.33. The number of rotatable bonds is 5. The first-order valence-electron chi connectivity index (χ1n) is 8.17. The van der Waals surface area contributed by atoms with Crippen molar-refractivity contribution >= 4 is 17.3 Å². The van der Waals surface area contributed by atoms with Gasteiger partial charge in [-0.05, 0) is 33.2 Å². The smallest absolute Gasteiger partial charge is 0.193 e. The second kappa shape index (κ2) is 8.48. The molecule has 1 aromatic rings. The number of nitrogens with zero attached hydrogens (tertiary/aromatic N) is 4. The predicted molar refractivity (Wildman–Crippen MR) is 94.6 cm³/mol. The van der Waals surface area contributed by atoms with Gasteiger partial charge in [0.2, 0.25) is 0 Å². The maximum absolute atomic E-state index is 4.52. The summed E-state index contributed by atoms with van der Waals surface area (Å²) in [5.74, 6) is 0.940. The van der Waals surface area contributed by atoms with Gasteiger partial charge >= 0.3 is 0 Å². The van der Waals surface area contributed by atoms with E-state index in [9.17, 15) is 0 Å². The van der Waals surface area contributed by atoms with E-state index in [0.717, 1.165) is 36.3 Å². The topological polar surface area (TPSA) is 43.8 Å².